The maximum absolute atomic E-state index is 12.3. The van der Waals surface area contributed by atoms with Gasteiger partial charge in [-0.3, -0.25) is 9.80 Å². The van der Waals surface area contributed by atoms with Gasteiger partial charge in [0.2, 0.25) is 0 Å². The topological polar surface area (TPSA) is 82.1 Å². The van der Waals surface area contributed by atoms with Gasteiger partial charge in [-0.1, -0.05) is 6.07 Å². The molecule has 1 aromatic carbocycles. The van der Waals surface area contributed by atoms with Gasteiger partial charge in [-0.2, -0.15) is 0 Å². The second-order valence-corrected chi connectivity index (χ2v) is 7.56. The number of ether oxygens (including phenoxy) is 1. The number of nitrogens with zero attached hydrogens (tertiary/aromatic N) is 2. The minimum Gasteiger partial charge on any atom is -0.465 e. The highest BCUT2D eigenvalue weighted by atomic mass is 16.6. The number of rotatable bonds is 3. The van der Waals surface area contributed by atoms with E-state index >= 15 is 0 Å². The third kappa shape index (κ3) is 3.71. The van der Waals surface area contributed by atoms with Gasteiger partial charge in [0.15, 0.2) is 0 Å². The van der Waals surface area contributed by atoms with Crippen LogP contribution in [0.3, 0.4) is 0 Å². The van der Waals surface area contributed by atoms with E-state index in [1.54, 1.807) is 4.90 Å². The first-order valence-corrected chi connectivity index (χ1v) is 8.57. The number of amides is 2. The second-order valence-electron chi connectivity index (χ2n) is 7.56. The lowest BCUT2D eigenvalue weighted by atomic mass is 10.0. The Bertz CT molecular complexity index is 683. The van der Waals surface area contributed by atoms with E-state index in [1.165, 1.54) is 16.0 Å². The van der Waals surface area contributed by atoms with Gasteiger partial charge in [-0.05, 0) is 57.0 Å². The predicted molar refractivity (Wildman–Crippen MR) is 94.0 cm³/mol. The van der Waals surface area contributed by atoms with Crippen LogP contribution >= 0.6 is 0 Å². The van der Waals surface area contributed by atoms with Gasteiger partial charge in [-0.25, -0.2) is 9.59 Å². The van der Waals surface area contributed by atoms with Gasteiger partial charge < -0.3 is 15.2 Å². The molecule has 25 heavy (non-hydrogen) atoms. The lowest BCUT2D eigenvalue weighted by Gasteiger charge is -2.34. The van der Waals surface area contributed by atoms with Crippen LogP contribution in [0.5, 0.6) is 0 Å². The van der Waals surface area contributed by atoms with E-state index in [2.05, 4.69) is 11.4 Å². The van der Waals surface area contributed by atoms with Crippen molar-refractivity contribution in [1.29, 1.82) is 0 Å². The molecule has 2 amide bonds. The Morgan fingerprint density at radius 3 is 2.84 bits per heavy atom. The molecule has 7 heteroatoms. The minimum absolute atomic E-state index is 0.160. The van der Waals surface area contributed by atoms with Crippen LogP contribution in [-0.2, 0) is 17.7 Å². The normalized spacial score (nSPS) is 20.2. The molecule has 1 aromatic rings. The molecule has 0 unspecified atom stereocenters. The summed E-state index contributed by atoms with van der Waals surface area (Å²) in [6, 6.07) is 6.02. The van der Waals surface area contributed by atoms with Gasteiger partial charge >= 0.3 is 12.2 Å². The highest BCUT2D eigenvalue weighted by Crippen LogP contribution is 2.27. The number of carbonyl (C=O) groups excluding carboxylic acids is 1. The lowest BCUT2D eigenvalue weighted by molar-refractivity contribution is 0.0605. The van der Waals surface area contributed by atoms with Crippen molar-refractivity contribution in [1.82, 2.24) is 10.2 Å². The number of anilines is 1. The molecule has 2 N–H and O–H groups in total. The molecule has 0 aromatic heterocycles. The quantitative estimate of drug-likeness (QED) is 0.878. The number of benzene rings is 1. The number of hydrogen-bond acceptors (Lipinski definition) is 4. The van der Waals surface area contributed by atoms with Gasteiger partial charge in [0.25, 0.3) is 0 Å². The Morgan fingerprint density at radius 2 is 2.16 bits per heavy atom. The molecule has 2 aliphatic heterocycles. The van der Waals surface area contributed by atoms with Crippen LogP contribution in [0.15, 0.2) is 18.2 Å². The second kappa shape index (κ2) is 6.55. The lowest BCUT2D eigenvalue weighted by Crippen LogP contribution is -2.49. The highest BCUT2D eigenvalue weighted by Gasteiger charge is 2.37. The molecule has 0 bridgehead atoms. The van der Waals surface area contributed by atoms with Crippen molar-refractivity contribution in [2.45, 2.75) is 45.4 Å². The van der Waals surface area contributed by atoms with Gasteiger partial charge in [0.05, 0.1) is 13.1 Å². The maximum Gasteiger partial charge on any atom is 0.414 e. The zero-order valence-corrected chi connectivity index (χ0v) is 14.9. The molecular weight excluding hydrogens is 322 g/mol. The van der Waals surface area contributed by atoms with Crippen LogP contribution in [0.25, 0.3) is 0 Å². The van der Waals surface area contributed by atoms with Crippen LogP contribution < -0.4 is 10.2 Å². The van der Waals surface area contributed by atoms with Crippen LogP contribution in [-0.4, -0.2) is 53.5 Å². The van der Waals surface area contributed by atoms with E-state index < -0.39 is 23.8 Å². The number of cyclic esters (lactones) is 1. The van der Waals surface area contributed by atoms with E-state index in [0.29, 0.717) is 6.54 Å². The number of nitrogens with one attached hydrogen (secondary N) is 1. The van der Waals surface area contributed by atoms with Crippen molar-refractivity contribution in [3.8, 4) is 0 Å². The molecular formula is C18H25N3O4. The van der Waals surface area contributed by atoms with Gasteiger partial charge in [-0.15, -0.1) is 0 Å². The van der Waals surface area contributed by atoms with Gasteiger partial charge in [0, 0.05) is 17.8 Å². The summed E-state index contributed by atoms with van der Waals surface area (Å²) >= 11 is 0. The number of carbonyl (C=O) groups is 2. The van der Waals surface area contributed by atoms with Crippen molar-refractivity contribution in [2.75, 3.05) is 24.5 Å². The molecule has 136 valence electrons. The Kier molecular flexibility index (Phi) is 4.60. The van der Waals surface area contributed by atoms with Crippen LogP contribution in [0, 0.1) is 0 Å². The number of carboxylic acid groups (broad SMARTS) is 1. The standard InChI is InChI=1S/C18H25N3O4/c1-18(2,3)21(16(22)23)11-15-10-20(17(24)25-15)14-5-4-12-6-7-19-9-13(12)8-14/h4-5,8,15,19H,6-7,9-11H2,1-3H3,(H,22,23)/t15-/m0/s1. The first-order valence-electron chi connectivity index (χ1n) is 8.57. The van der Waals surface area contributed by atoms with Crippen molar-refractivity contribution < 1.29 is 19.4 Å². The van der Waals surface area contributed by atoms with E-state index in [9.17, 15) is 14.7 Å². The summed E-state index contributed by atoms with van der Waals surface area (Å²) in [5.41, 5.74) is 2.74. The molecule has 1 fully saturated rings. The van der Waals surface area contributed by atoms with E-state index in [4.69, 9.17) is 4.74 Å². The average Bonchev–Trinajstić information content (AvgIpc) is 2.91. The van der Waals surface area contributed by atoms with E-state index in [-0.39, 0.29) is 6.54 Å². The Morgan fingerprint density at radius 1 is 1.40 bits per heavy atom. The monoisotopic (exact) mass is 347 g/mol. The van der Waals surface area contributed by atoms with Crippen molar-refractivity contribution in [3.05, 3.63) is 29.3 Å². The first kappa shape index (κ1) is 17.5. The van der Waals surface area contributed by atoms with Crippen LogP contribution in [0.4, 0.5) is 15.3 Å². The number of hydrogen-bond donors (Lipinski definition) is 2. The molecule has 0 spiro atoms. The Labute approximate surface area is 147 Å². The first-order chi connectivity index (χ1) is 11.8. The molecule has 0 radical (unpaired) electrons. The zero-order chi connectivity index (χ0) is 18.2. The summed E-state index contributed by atoms with van der Waals surface area (Å²) in [5, 5.41) is 12.7. The molecule has 7 nitrogen and oxygen atoms in total. The molecule has 0 aliphatic carbocycles. The molecule has 2 heterocycles. The SMILES string of the molecule is CC(C)(C)N(C[C@@H]1CN(c2ccc3c(c2)CNCC3)C(=O)O1)C(=O)O. The summed E-state index contributed by atoms with van der Waals surface area (Å²) in [6.45, 7) is 7.76. The summed E-state index contributed by atoms with van der Waals surface area (Å²) in [5.74, 6) is 0. The summed E-state index contributed by atoms with van der Waals surface area (Å²) in [6.07, 6.45) is -0.922. The Balaban J connectivity index is 1.73. The summed E-state index contributed by atoms with van der Waals surface area (Å²) in [7, 11) is 0. The largest absolute Gasteiger partial charge is 0.465 e. The molecule has 0 saturated carbocycles. The zero-order valence-electron chi connectivity index (χ0n) is 14.9. The van der Waals surface area contributed by atoms with E-state index in [0.717, 1.165) is 25.2 Å². The third-order valence-corrected chi connectivity index (χ3v) is 4.69. The third-order valence-electron chi connectivity index (χ3n) is 4.69. The molecule has 3 rings (SSSR count). The molecule has 1 atom stereocenters. The van der Waals surface area contributed by atoms with E-state index in [1.807, 2.05) is 32.9 Å². The van der Waals surface area contributed by atoms with Crippen LogP contribution in [0.1, 0.15) is 31.9 Å². The van der Waals surface area contributed by atoms with Gasteiger partial charge in [0.1, 0.15) is 6.10 Å². The fourth-order valence-corrected chi connectivity index (χ4v) is 3.30. The Hall–Kier alpha value is -2.28. The average molecular weight is 347 g/mol. The highest BCUT2D eigenvalue weighted by molar-refractivity contribution is 5.90. The smallest absolute Gasteiger partial charge is 0.414 e. The maximum atomic E-state index is 12.3. The summed E-state index contributed by atoms with van der Waals surface area (Å²) in [4.78, 5) is 26.7. The van der Waals surface area contributed by atoms with Crippen molar-refractivity contribution in [2.24, 2.45) is 0 Å². The van der Waals surface area contributed by atoms with Crippen molar-refractivity contribution >= 4 is 17.9 Å². The number of fused-ring (bicyclic) bond motifs is 1. The molecule has 2 aliphatic rings. The fraction of sp³-hybridized carbons (Fsp3) is 0.556. The van der Waals surface area contributed by atoms with Crippen LogP contribution in [0.2, 0.25) is 0 Å². The predicted octanol–water partition coefficient (Wildman–Crippen LogP) is 2.44. The minimum atomic E-state index is -1.01. The fourth-order valence-electron chi connectivity index (χ4n) is 3.30. The molecule has 1 saturated heterocycles. The van der Waals surface area contributed by atoms with Crippen molar-refractivity contribution in [3.63, 3.8) is 0 Å². The summed E-state index contributed by atoms with van der Waals surface area (Å²) < 4.78 is 5.41.